The van der Waals surface area contributed by atoms with Crippen LogP contribution in [0.4, 0.5) is 5.69 Å². The zero-order chi connectivity index (χ0) is 14.1. The van der Waals surface area contributed by atoms with Crippen molar-refractivity contribution in [3.8, 4) is 0 Å². The maximum atomic E-state index is 11.6. The number of fused-ring (bicyclic) bond motifs is 1. The highest BCUT2D eigenvalue weighted by Gasteiger charge is 2.30. The Morgan fingerprint density at radius 3 is 3.15 bits per heavy atom. The number of hydrogen-bond acceptors (Lipinski definition) is 5. The molecule has 0 spiro atoms. The number of pyridine rings is 2. The lowest BCUT2D eigenvalue weighted by Gasteiger charge is -2.19. The molecule has 0 radical (unpaired) electrons. The quantitative estimate of drug-likeness (QED) is 0.789. The van der Waals surface area contributed by atoms with E-state index in [1.807, 2.05) is 12.1 Å². The molecule has 1 aliphatic rings. The number of ether oxygens (including phenoxy) is 1. The third-order valence-electron chi connectivity index (χ3n) is 3.59. The lowest BCUT2D eigenvalue weighted by Crippen LogP contribution is -2.23. The molecular formula is C14H14BrN3O2. The number of halogens is 1. The van der Waals surface area contributed by atoms with E-state index in [0.717, 1.165) is 34.2 Å². The van der Waals surface area contributed by atoms with Gasteiger partial charge in [-0.05, 0) is 34.5 Å². The minimum Gasteiger partial charge on any atom is -0.469 e. The van der Waals surface area contributed by atoms with Crippen LogP contribution in [-0.4, -0.2) is 36.1 Å². The first-order valence-corrected chi connectivity index (χ1v) is 7.21. The Kier molecular flexibility index (Phi) is 3.56. The molecule has 1 saturated heterocycles. The van der Waals surface area contributed by atoms with Crippen LogP contribution < -0.4 is 4.90 Å². The monoisotopic (exact) mass is 335 g/mol. The maximum Gasteiger partial charge on any atom is 0.310 e. The number of aromatic nitrogens is 2. The smallest absolute Gasteiger partial charge is 0.310 e. The van der Waals surface area contributed by atoms with Crippen molar-refractivity contribution in [2.75, 3.05) is 25.1 Å². The van der Waals surface area contributed by atoms with Crippen molar-refractivity contribution in [3.63, 3.8) is 0 Å². The van der Waals surface area contributed by atoms with Gasteiger partial charge >= 0.3 is 5.97 Å². The molecule has 1 aliphatic heterocycles. The van der Waals surface area contributed by atoms with Crippen molar-refractivity contribution in [1.82, 2.24) is 9.97 Å². The van der Waals surface area contributed by atoms with Gasteiger partial charge < -0.3 is 9.64 Å². The van der Waals surface area contributed by atoms with E-state index in [-0.39, 0.29) is 11.9 Å². The molecule has 0 saturated carbocycles. The Balaban J connectivity index is 1.93. The number of anilines is 1. The first-order chi connectivity index (χ1) is 9.69. The number of nitrogens with zero attached hydrogens (tertiary/aromatic N) is 3. The highest BCUT2D eigenvalue weighted by Crippen LogP contribution is 2.30. The van der Waals surface area contributed by atoms with Crippen molar-refractivity contribution >= 4 is 38.6 Å². The van der Waals surface area contributed by atoms with E-state index in [4.69, 9.17) is 4.74 Å². The Morgan fingerprint density at radius 1 is 1.50 bits per heavy atom. The first kappa shape index (κ1) is 13.3. The zero-order valence-electron chi connectivity index (χ0n) is 11.0. The molecule has 104 valence electrons. The van der Waals surface area contributed by atoms with Crippen molar-refractivity contribution in [2.45, 2.75) is 6.42 Å². The molecule has 1 fully saturated rings. The third-order valence-corrected chi connectivity index (χ3v) is 4.02. The molecular weight excluding hydrogens is 322 g/mol. The van der Waals surface area contributed by atoms with Crippen molar-refractivity contribution in [3.05, 3.63) is 29.0 Å². The van der Waals surface area contributed by atoms with Crippen molar-refractivity contribution in [2.24, 2.45) is 5.92 Å². The molecule has 5 nitrogen and oxygen atoms in total. The fourth-order valence-electron chi connectivity index (χ4n) is 2.58. The summed E-state index contributed by atoms with van der Waals surface area (Å²) in [6.45, 7) is 1.50. The Morgan fingerprint density at radius 2 is 2.35 bits per heavy atom. The van der Waals surface area contributed by atoms with Gasteiger partial charge in [-0.25, -0.2) is 0 Å². The van der Waals surface area contributed by atoms with Gasteiger partial charge in [-0.3, -0.25) is 14.8 Å². The van der Waals surface area contributed by atoms with E-state index in [2.05, 4.69) is 30.8 Å². The van der Waals surface area contributed by atoms with Crippen LogP contribution in [0.5, 0.6) is 0 Å². The van der Waals surface area contributed by atoms with Gasteiger partial charge in [-0.1, -0.05) is 0 Å². The first-order valence-electron chi connectivity index (χ1n) is 6.42. The van der Waals surface area contributed by atoms with Crippen LogP contribution in [0.3, 0.4) is 0 Å². The molecule has 0 N–H and O–H groups in total. The minimum atomic E-state index is -0.137. The lowest BCUT2D eigenvalue weighted by atomic mass is 10.1. The van der Waals surface area contributed by atoms with Crippen LogP contribution >= 0.6 is 15.9 Å². The molecule has 2 aromatic heterocycles. The van der Waals surface area contributed by atoms with Crippen LogP contribution in [0.2, 0.25) is 0 Å². The number of esters is 1. The summed E-state index contributed by atoms with van der Waals surface area (Å²) in [4.78, 5) is 22.6. The van der Waals surface area contributed by atoms with Crippen LogP contribution in [0.25, 0.3) is 11.0 Å². The van der Waals surface area contributed by atoms with Crippen LogP contribution in [-0.2, 0) is 9.53 Å². The number of rotatable bonds is 2. The molecule has 6 heteroatoms. The Hall–Kier alpha value is -1.69. The number of hydrogen-bond donors (Lipinski definition) is 0. The minimum absolute atomic E-state index is 0.0568. The van der Waals surface area contributed by atoms with E-state index in [1.54, 1.807) is 12.4 Å². The number of carbonyl (C=O) groups excluding carboxylic acids is 1. The van der Waals surface area contributed by atoms with Gasteiger partial charge in [0, 0.05) is 30.0 Å². The van der Waals surface area contributed by atoms with Crippen LogP contribution in [0.1, 0.15) is 6.42 Å². The number of methoxy groups -OCH3 is 1. The summed E-state index contributed by atoms with van der Waals surface area (Å²) < 4.78 is 5.73. The Bertz CT molecular complexity index is 662. The highest BCUT2D eigenvalue weighted by atomic mass is 79.9. The van der Waals surface area contributed by atoms with E-state index in [0.29, 0.717) is 6.54 Å². The summed E-state index contributed by atoms with van der Waals surface area (Å²) in [5.74, 6) is -0.194. The van der Waals surface area contributed by atoms with Crippen molar-refractivity contribution in [1.29, 1.82) is 0 Å². The molecule has 3 rings (SSSR count). The highest BCUT2D eigenvalue weighted by molar-refractivity contribution is 9.10. The van der Waals surface area contributed by atoms with E-state index >= 15 is 0 Å². The lowest BCUT2D eigenvalue weighted by molar-refractivity contribution is -0.144. The van der Waals surface area contributed by atoms with Crippen LogP contribution in [0.15, 0.2) is 29.0 Å². The van der Waals surface area contributed by atoms with Gasteiger partial charge in [-0.15, -0.1) is 0 Å². The molecule has 1 unspecified atom stereocenters. The van der Waals surface area contributed by atoms with E-state index in [1.165, 1.54) is 7.11 Å². The standard InChI is InChI=1S/C14H14BrN3O2/c1-20-14(19)9-3-5-18(8-9)12-2-4-16-11-6-10(15)7-17-13(11)12/h2,4,6-7,9H,3,5,8H2,1H3. The largest absolute Gasteiger partial charge is 0.469 e. The topological polar surface area (TPSA) is 55.3 Å². The molecule has 0 bridgehead atoms. The molecule has 0 aromatic carbocycles. The normalized spacial score (nSPS) is 18.5. The molecule has 0 amide bonds. The summed E-state index contributed by atoms with van der Waals surface area (Å²) in [6.07, 6.45) is 4.35. The average molecular weight is 336 g/mol. The third kappa shape index (κ3) is 2.35. The summed E-state index contributed by atoms with van der Waals surface area (Å²) in [5.41, 5.74) is 2.73. The average Bonchev–Trinajstić information content (AvgIpc) is 2.95. The fourth-order valence-corrected chi connectivity index (χ4v) is 2.90. The summed E-state index contributed by atoms with van der Waals surface area (Å²) in [7, 11) is 1.44. The summed E-state index contributed by atoms with van der Waals surface area (Å²) in [6, 6.07) is 3.89. The van der Waals surface area contributed by atoms with E-state index in [9.17, 15) is 4.79 Å². The Labute approximate surface area is 125 Å². The molecule has 0 aliphatic carbocycles. The second-order valence-corrected chi connectivity index (χ2v) is 5.72. The zero-order valence-corrected chi connectivity index (χ0v) is 12.6. The van der Waals surface area contributed by atoms with Gasteiger partial charge in [0.1, 0.15) is 5.52 Å². The van der Waals surface area contributed by atoms with Gasteiger partial charge in [0.2, 0.25) is 0 Å². The SMILES string of the molecule is COC(=O)C1CCN(c2ccnc3cc(Br)cnc23)C1. The van der Waals surface area contributed by atoms with E-state index < -0.39 is 0 Å². The molecule has 1 atom stereocenters. The van der Waals surface area contributed by atoms with Gasteiger partial charge in [0.05, 0.1) is 24.2 Å². The summed E-state index contributed by atoms with van der Waals surface area (Å²) >= 11 is 3.40. The fraction of sp³-hybridized carbons (Fsp3) is 0.357. The molecule has 20 heavy (non-hydrogen) atoms. The maximum absolute atomic E-state index is 11.6. The predicted molar refractivity (Wildman–Crippen MR) is 79.6 cm³/mol. The second-order valence-electron chi connectivity index (χ2n) is 4.81. The van der Waals surface area contributed by atoms with Gasteiger partial charge in [0.15, 0.2) is 0 Å². The van der Waals surface area contributed by atoms with Gasteiger partial charge in [-0.2, -0.15) is 0 Å². The predicted octanol–water partition coefficient (Wildman–Crippen LogP) is 2.39. The van der Waals surface area contributed by atoms with Crippen molar-refractivity contribution < 1.29 is 9.53 Å². The van der Waals surface area contributed by atoms with Gasteiger partial charge in [0.25, 0.3) is 0 Å². The summed E-state index contributed by atoms with van der Waals surface area (Å²) in [5, 5.41) is 0. The number of carbonyl (C=O) groups is 1. The van der Waals surface area contributed by atoms with Crippen LogP contribution in [0, 0.1) is 5.92 Å². The second kappa shape index (κ2) is 5.36. The molecule has 2 aromatic rings. The molecule has 3 heterocycles.